The number of ether oxygens (including phenoxy) is 2. The summed E-state index contributed by atoms with van der Waals surface area (Å²) in [4.78, 5) is 26.7. The SMILES string of the molecule is Cc1nn(Cc2ccccc2)c(C)c1C(=O)OCC(=O)N1C[C@H](C)O[C@@H](C)C1. The zero-order valence-electron chi connectivity index (χ0n) is 16.8. The zero-order valence-corrected chi connectivity index (χ0v) is 16.8. The maximum Gasteiger partial charge on any atom is 0.342 e. The van der Waals surface area contributed by atoms with Crippen LogP contribution in [0.2, 0.25) is 0 Å². The van der Waals surface area contributed by atoms with Gasteiger partial charge in [-0.25, -0.2) is 4.79 Å². The molecule has 0 radical (unpaired) electrons. The lowest BCUT2D eigenvalue weighted by Crippen LogP contribution is -2.49. The van der Waals surface area contributed by atoms with Crippen molar-refractivity contribution in [3.8, 4) is 0 Å². The van der Waals surface area contributed by atoms with Crippen molar-refractivity contribution in [2.75, 3.05) is 19.7 Å². The number of morpholine rings is 1. The molecular weight excluding hydrogens is 358 g/mol. The summed E-state index contributed by atoms with van der Waals surface area (Å²) in [5, 5.41) is 4.47. The average molecular weight is 385 g/mol. The van der Waals surface area contributed by atoms with Crippen molar-refractivity contribution in [1.29, 1.82) is 0 Å². The van der Waals surface area contributed by atoms with E-state index in [1.54, 1.807) is 16.5 Å². The number of benzene rings is 1. The molecule has 1 aliphatic heterocycles. The van der Waals surface area contributed by atoms with E-state index in [-0.39, 0.29) is 24.7 Å². The van der Waals surface area contributed by atoms with Crippen molar-refractivity contribution in [3.63, 3.8) is 0 Å². The molecule has 0 unspecified atom stereocenters. The molecular formula is C21H27N3O4. The number of hydrogen-bond acceptors (Lipinski definition) is 5. The van der Waals surface area contributed by atoms with Gasteiger partial charge in [-0.2, -0.15) is 5.10 Å². The first-order valence-electron chi connectivity index (χ1n) is 9.53. The fraction of sp³-hybridized carbons (Fsp3) is 0.476. The van der Waals surface area contributed by atoms with Crippen molar-refractivity contribution in [2.45, 2.75) is 46.4 Å². The molecule has 7 heteroatoms. The second-order valence-corrected chi connectivity index (χ2v) is 7.32. The van der Waals surface area contributed by atoms with Crippen LogP contribution in [0.5, 0.6) is 0 Å². The first-order valence-corrected chi connectivity index (χ1v) is 9.53. The number of carbonyl (C=O) groups is 2. The third-order valence-electron chi connectivity index (χ3n) is 4.86. The molecule has 2 heterocycles. The zero-order chi connectivity index (χ0) is 20.3. The van der Waals surface area contributed by atoms with Crippen LogP contribution in [-0.4, -0.2) is 58.5 Å². The van der Waals surface area contributed by atoms with Gasteiger partial charge in [-0.3, -0.25) is 9.48 Å². The highest BCUT2D eigenvalue weighted by Crippen LogP contribution is 2.17. The summed E-state index contributed by atoms with van der Waals surface area (Å²) in [5.41, 5.74) is 2.85. The maximum atomic E-state index is 12.6. The van der Waals surface area contributed by atoms with Gasteiger partial charge in [0.05, 0.1) is 30.1 Å². The summed E-state index contributed by atoms with van der Waals surface area (Å²) >= 11 is 0. The minimum absolute atomic E-state index is 0.0240. The molecule has 0 aliphatic carbocycles. The molecule has 0 spiro atoms. The van der Waals surface area contributed by atoms with Gasteiger partial charge < -0.3 is 14.4 Å². The van der Waals surface area contributed by atoms with Crippen LogP contribution in [0.4, 0.5) is 0 Å². The summed E-state index contributed by atoms with van der Waals surface area (Å²) < 4.78 is 12.7. The van der Waals surface area contributed by atoms with Crippen LogP contribution in [0.3, 0.4) is 0 Å². The molecule has 0 saturated carbocycles. The number of aryl methyl sites for hydroxylation is 1. The van der Waals surface area contributed by atoms with E-state index in [0.29, 0.717) is 30.9 Å². The molecule has 28 heavy (non-hydrogen) atoms. The highest BCUT2D eigenvalue weighted by Gasteiger charge is 2.27. The van der Waals surface area contributed by atoms with Crippen LogP contribution in [0.1, 0.15) is 41.2 Å². The quantitative estimate of drug-likeness (QED) is 0.739. The Labute approximate surface area is 165 Å². The average Bonchev–Trinajstić information content (AvgIpc) is 2.93. The first kappa shape index (κ1) is 20.1. The number of hydrogen-bond donors (Lipinski definition) is 0. The van der Waals surface area contributed by atoms with Gasteiger partial charge in [-0.1, -0.05) is 30.3 Å². The molecule has 7 nitrogen and oxygen atoms in total. The second-order valence-electron chi connectivity index (χ2n) is 7.32. The van der Waals surface area contributed by atoms with E-state index in [2.05, 4.69) is 5.10 Å². The van der Waals surface area contributed by atoms with Crippen molar-refractivity contribution in [3.05, 3.63) is 52.8 Å². The lowest BCUT2D eigenvalue weighted by Gasteiger charge is -2.35. The van der Waals surface area contributed by atoms with Gasteiger partial charge in [-0.05, 0) is 33.3 Å². The van der Waals surface area contributed by atoms with E-state index < -0.39 is 5.97 Å². The van der Waals surface area contributed by atoms with Crippen LogP contribution in [0.15, 0.2) is 30.3 Å². The monoisotopic (exact) mass is 385 g/mol. The van der Waals surface area contributed by atoms with Crippen molar-refractivity contribution in [2.24, 2.45) is 0 Å². The van der Waals surface area contributed by atoms with E-state index in [1.807, 2.05) is 51.1 Å². The molecule has 1 aromatic heterocycles. The molecule has 1 saturated heterocycles. The largest absolute Gasteiger partial charge is 0.452 e. The maximum absolute atomic E-state index is 12.6. The Hall–Kier alpha value is -2.67. The topological polar surface area (TPSA) is 73.7 Å². The fourth-order valence-electron chi connectivity index (χ4n) is 3.57. The van der Waals surface area contributed by atoms with E-state index in [9.17, 15) is 9.59 Å². The number of amides is 1. The summed E-state index contributed by atoms with van der Waals surface area (Å²) in [6.45, 7) is 8.78. The Morgan fingerprint density at radius 2 is 1.79 bits per heavy atom. The molecule has 3 rings (SSSR count). The van der Waals surface area contributed by atoms with Gasteiger partial charge in [-0.15, -0.1) is 0 Å². The van der Waals surface area contributed by atoms with Crippen molar-refractivity contribution >= 4 is 11.9 Å². The van der Waals surface area contributed by atoms with Gasteiger partial charge >= 0.3 is 5.97 Å². The van der Waals surface area contributed by atoms with Crippen molar-refractivity contribution in [1.82, 2.24) is 14.7 Å². The number of aromatic nitrogens is 2. The third-order valence-corrected chi connectivity index (χ3v) is 4.86. The molecule has 1 amide bonds. The smallest absolute Gasteiger partial charge is 0.342 e. The number of carbonyl (C=O) groups excluding carboxylic acids is 2. The lowest BCUT2D eigenvalue weighted by atomic mass is 10.2. The highest BCUT2D eigenvalue weighted by atomic mass is 16.5. The van der Waals surface area contributed by atoms with E-state index >= 15 is 0 Å². The molecule has 1 aliphatic rings. The van der Waals surface area contributed by atoms with Crippen LogP contribution >= 0.6 is 0 Å². The van der Waals surface area contributed by atoms with Gasteiger partial charge in [0.2, 0.25) is 0 Å². The predicted molar refractivity (Wildman–Crippen MR) is 104 cm³/mol. The minimum Gasteiger partial charge on any atom is -0.452 e. The minimum atomic E-state index is -0.517. The van der Waals surface area contributed by atoms with Crippen LogP contribution in [0, 0.1) is 13.8 Å². The summed E-state index contributed by atoms with van der Waals surface area (Å²) in [6, 6.07) is 9.92. The summed E-state index contributed by atoms with van der Waals surface area (Å²) in [5.74, 6) is -0.723. The Balaban J connectivity index is 1.63. The van der Waals surface area contributed by atoms with Crippen LogP contribution in [0.25, 0.3) is 0 Å². The molecule has 2 atom stereocenters. The van der Waals surface area contributed by atoms with Gasteiger partial charge in [0.15, 0.2) is 6.61 Å². The fourth-order valence-corrected chi connectivity index (χ4v) is 3.57. The van der Waals surface area contributed by atoms with Crippen LogP contribution in [-0.2, 0) is 20.8 Å². The van der Waals surface area contributed by atoms with Crippen LogP contribution < -0.4 is 0 Å². The number of rotatable bonds is 5. The Morgan fingerprint density at radius 3 is 2.43 bits per heavy atom. The molecule has 2 aromatic rings. The molecule has 0 N–H and O–H groups in total. The summed E-state index contributed by atoms with van der Waals surface area (Å²) in [7, 11) is 0. The molecule has 150 valence electrons. The van der Waals surface area contributed by atoms with Gasteiger partial charge in [0.25, 0.3) is 5.91 Å². The standard InChI is InChI=1S/C21H27N3O4/c1-14-10-23(11-15(2)28-14)19(25)13-27-21(26)20-16(3)22-24(17(20)4)12-18-8-6-5-7-9-18/h5-9,14-15H,10-13H2,1-4H3/t14-,15-/m0/s1. The second kappa shape index (κ2) is 8.56. The van der Waals surface area contributed by atoms with Gasteiger partial charge in [0, 0.05) is 13.1 Å². The Bertz CT molecular complexity index is 837. The van der Waals surface area contributed by atoms with Crippen molar-refractivity contribution < 1.29 is 19.1 Å². The summed E-state index contributed by atoms with van der Waals surface area (Å²) in [6.07, 6.45) is -0.0479. The predicted octanol–water partition coefficient (Wildman–Crippen LogP) is 2.34. The molecule has 0 bridgehead atoms. The van der Waals surface area contributed by atoms with Gasteiger partial charge in [0.1, 0.15) is 5.56 Å². The number of esters is 1. The molecule has 1 aromatic carbocycles. The van der Waals surface area contributed by atoms with E-state index in [4.69, 9.17) is 9.47 Å². The van der Waals surface area contributed by atoms with E-state index in [1.165, 1.54) is 0 Å². The van der Waals surface area contributed by atoms with E-state index in [0.717, 1.165) is 11.3 Å². The normalized spacial score (nSPS) is 19.5. The lowest BCUT2D eigenvalue weighted by molar-refractivity contribution is -0.146. The highest BCUT2D eigenvalue weighted by molar-refractivity contribution is 5.93. The Morgan fingerprint density at radius 1 is 1.14 bits per heavy atom. The molecule has 1 fully saturated rings. The first-order chi connectivity index (χ1) is 13.3. The Kier molecular flexibility index (Phi) is 6.14. The number of nitrogens with zero attached hydrogens (tertiary/aromatic N) is 3. The third kappa shape index (κ3) is 4.59.